The molecule has 1 aliphatic heterocycles. The Labute approximate surface area is 153 Å². The fraction of sp³-hybridized carbons (Fsp3) is 0.381. The molecule has 4 nitrogen and oxygen atoms in total. The monoisotopic (exact) mass is 357 g/mol. The number of ether oxygens (including phenoxy) is 2. The van der Waals surface area contributed by atoms with Gasteiger partial charge < -0.3 is 14.4 Å². The Morgan fingerprint density at radius 2 is 2.04 bits per heavy atom. The Kier molecular flexibility index (Phi) is 6.01. The molecule has 0 spiro atoms. The van der Waals surface area contributed by atoms with Crippen LogP contribution in [0.5, 0.6) is 0 Å². The lowest BCUT2D eigenvalue weighted by molar-refractivity contribution is -0.0933. The minimum atomic E-state index is -0.224. The molecule has 1 unspecified atom stereocenters. The standard InChI is InChI=1S/C21H24FNO3/c1-15-7-8-16(12-20(15)22)11-17-5-3-4-6-19(17)21(24)23(2)13-18-14-25-9-10-26-18/h3-8,12,18H,9-11,13-14H2,1-2H3. The van der Waals surface area contributed by atoms with Crippen LogP contribution in [0.3, 0.4) is 0 Å². The topological polar surface area (TPSA) is 38.8 Å². The summed E-state index contributed by atoms with van der Waals surface area (Å²) in [5.41, 5.74) is 2.98. The van der Waals surface area contributed by atoms with Crippen molar-refractivity contribution in [3.05, 3.63) is 70.5 Å². The Morgan fingerprint density at radius 1 is 1.23 bits per heavy atom. The minimum Gasteiger partial charge on any atom is -0.376 e. The molecule has 2 aromatic carbocycles. The number of likely N-dealkylation sites (N-methyl/N-ethyl adjacent to an activating group) is 1. The minimum absolute atomic E-state index is 0.0673. The van der Waals surface area contributed by atoms with Gasteiger partial charge in [-0.05, 0) is 42.2 Å². The quantitative estimate of drug-likeness (QED) is 0.825. The molecular weight excluding hydrogens is 333 g/mol. The molecule has 0 aromatic heterocycles. The predicted molar refractivity (Wildman–Crippen MR) is 97.9 cm³/mol. The van der Waals surface area contributed by atoms with Crippen LogP contribution in [0.4, 0.5) is 4.39 Å². The van der Waals surface area contributed by atoms with E-state index in [2.05, 4.69) is 0 Å². The fourth-order valence-electron chi connectivity index (χ4n) is 3.09. The number of carbonyl (C=O) groups excluding carboxylic acids is 1. The lowest BCUT2D eigenvalue weighted by Gasteiger charge is -2.28. The number of benzene rings is 2. The molecule has 0 aliphatic carbocycles. The smallest absolute Gasteiger partial charge is 0.253 e. The van der Waals surface area contributed by atoms with Crippen molar-refractivity contribution in [3.8, 4) is 0 Å². The van der Waals surface area contributed by atoms with Gasteiger partial charge in [0.1, 0.15) is 5.82 Å². The molecule has 0 bridgehead atoms. The van der Waals surface area contributed by atoms with Crippen LogP contribution >= 0.6 is 0 Å². The van der Waals surface area contributed by atoms with Crippen LogP contribution < -0.4 is 0 Å². The van der Waals surface area contributed by atoms with E-state index in [1.807, 2.05) is 30.3 Å². The number of nitrogens with zero attached hydrogens (tertiary/aromatic N) is 1. The number of hydrogen-bond acceptors (Lipinski definition) is 3. The van der Waals surface area contributed by atoms with Gasteiger partial charge in [0.25, 0.3) is 5.91 Å². The van der Waals surface area contributed by atoms with Crippen LogP contribution in [-0.4, -0.2) is 50.3 Å². The van der Waals surface area contributed by atoms with Crippen LogP contribution in [0.25, 0.3) is 0 Å². The zero-order valence-corrected chi connectivity index (χ0v) is 15.2. The molecule has 0 saturated carbocycles. The Morgan fingerprint density at radius 3 is 2.77 bits per heavy atom. The van der Waals surface area contributed by atoms with Gasteiger partial charge in [-0.3, -0.25) is 4.79 Å². The zero-order valence-electron chi connectivity index (χ0n) is 15.2. The third kappa shape index (κ3) is 4.48. The van der Waals surface area contributed by atoms with E-state index in [9.17, 15) is 9.18 Å². The summed E-state index contributed by atoms with van der Waals surface area (Å²) in [6.07, 6.45) is 0.409. The molecule has 138 valence electrons. The van der Waals surface area contributed by atoms with Crippen LogP contribution in [-0.2, 0) is 15.9 Å². The van der Waals surface area contributed by atoms with Crippen molar-refractivity contribution in [3.63, 3.8) is 0 Å². The van der Waals surface area contributed by atoms with E-state index >= 15 is 0 Å². The maximum Gasteiger partial charge on any atom is 0.253 e. The Hall–Kier alpha value is -2.24. The van der Waals surface area contributed by atoms with Crippen LogP contribution in [0.15, 0.2) is 42.5 Å². The van der Waals surface area contributed by atoms with E-state index < -0.39 is 0 Å². The normalized spacial score (nSPS) is 17.1. The Balaban J connectivity index is 1.74. The summed E-state index contributed by atoms with van der Waals surface area (Å²) in [6.45, 7) is 3.88. The molecule has 2 aromatic rings. The second-order valence-corrected chi connectivity index (χ2v) is 6.67. The highest BCUT2D eigenvalue weighted by atomic mass is 19.1. The van der Waals surface area contributed by atoms with Crippen LogP contribution in [0, 0.1) is 12.7 Å². The molecule has 1 amide bonds. The van der Waals surface area contributed by atoms with Gasteiger partial charge in [0.2, 0.25) is 0 Å². The van der Waals surface area contributed by atoms with Crippen molar-refractivity contribution in [1.29, 1.82) is 0 Å². The molecule has 1 atom stereocenters. The lowest BCUT2D eigenvalue weighted by Crippen LogP contribution is -2.41. The SMILES string of the molecule is Cc1ccc(Cc2ccccc2C(=O)N(C)CC2COCCO2)cc1F. The summed E-state index contributed by atoms with van der Waals surface area (Å²) in [5.74, 6) is -0.291. The first-order chi connectivity index (χ1) is 12.5. The zero-order chi connectivity index (χ0) is 18.5. The molecule has 1 fully saturated rings. The third-order valence-electron chi connectivity index (χ3n) is 4.59. The highest BCUT2D eigenvalue weighted by Gasteiger charge is 2.21. The molecule has 1 saturated heterocycles. The van der Waals surface area contributed by atoms with E-state index in [-0.39, 0.29) is 17.8 Å². The average molecular weight is 357 g/mol. The van der Waals surface area contributed by atoms with Crippen molar-refractivity contribution >= 4 is 5.91 Å². The summed E-state index contributed by atoms with van der Waals surface area (Å²) in [4.78, 5) is 14.6. The molecule has 1 heterocycles. The number of halogens is 1. The summed E-state index contributed by atoms with van der Waals surface area (Å²) >= 11 is 0. The van der Waals surface area contributed by atoms with Gasteiger partial charge in [-0.15, -0.1) is 0 Å². The Bertz CT molecular complexity index is 772. The second kappa shape index (κ2) is 8.43. The first kappa shape index (κ1) is 18.5. The summed E-state index contributed by atoms with van der Waals surface area (Å²) in [6, 6.07) is 12.7. The largest absolute Gasteiger partial charge is 0.376 e. The molecule has 3 rings (SSSR count). The number of carbonyl (C=O) groups is 1. The van der Waals surface area contributed by atoms with Gasteiger partial charge in [0, 0.05) is 19.2 Å². The lowest BCUT2D eigenvalue weighted by atomic mass is 9.98. The molecule has 1 aliphatic rings. The van der Waals surface area contributed by atoms with Crippen LogP contribution in [0.2, 0.25) is 0 Å². The molecule has 5 heteroatoms. The molecule has 26 heavy (non-hydrogen) atoms. The predicted octanol–water partition coefficient (Wildman–Crippen LogP) is 3.21. The molecule has 0 radical (unpaired) electrons. The number of rotatable bonds is 5. The first-order valence-electron chi connectivity index (χ1n) is 8.82. The van der Waals surface area contributed by atoms with E-state index in [4.69, 9.17) is 9.47 Å². The number of aryl methyl sites for hydroxylation is 1. The highest BCUT2D eigenvalue weighted by Crippen LogP contribution is 2.18. The van der Waals surface area contributed by atoms with Crippen molar-refractivity contribution in [2.75, 3.05) is 33.4 Å². The number of hydrogen-bond donors (Lipinski definition) is 0. The van der Waals surface area contributed by atoms with Gasteiger partial charge in [-0.1, -0.05) is 30.3 Å². The fourth-order valence-corrected chi connectivity index (χ4v) is 3.09. The highest BCUT2D eigenvalue weighted by molar-refractivity contribution is 5.95. The van der Waals surface area contributed by atoms with Gasteiger partial charge in [-0.2, -0.15) is 0 Å². The van der Waals surface area contributed by atoms with Crippen molar-refractivity contribution in [2.24, 2.45) is 0 Å². The summed E-state index contributed by atoms with van der Waals surface area (Å²) in [5, 5.41) is 0. The van der Waals surface area contributed by atoms with E-state index in [1.54, 1.807) is 24.9 Å². The molecular formula is C21H24FNO3. The third-order valence-corrected chi connectivity index (χ3v) is 4.59. The van der Waals surface area contributed by atoms with Gasteiger partial charge in [0.05, 0.1) is 25.9 Å². The van der Waals surface area contributed by atoms with Crippen LogP contribution in [0.1, 0.15) is 27.0 Å². The summed E-state index contributed by atoms with van der Waals surface area (Å²) in [7, 11) is 1.77. The van der Waals surface area contributed by atoms with E-state index in [1.165, 1.54) is 6.07 Å². The van der Waals surface area contributed by atoms with Gasteiger partial charge in [0.15, 0.2) is 0 Å². The van der Waals surface area contributed by atoms with E-state index in [0.717, 1.165) is 11.1 Å². The molecule has 0 N–H and O–H groups in total. The average Bonchev–Trinajstić information content (AvgIpc) is 2.65. The number of amides is 1. The first-order valence-corrected chi connectivity index (χ1v) is 8.82. The second-order valence-electron chi connectivity index (χ2n) is 6.67. The van der Waals surface area contributed by atoms with Crippen molar-refractivity contribution in [1.82, 2.24) is 4.90 Å². The van der Waals surface area contributed by atoms with Crippen molar-refractivity contribution in [2.45, 2.75) is 19.4 Å². The maximum absolute atomic E-state index is 13.8. The van der Waals surface area contributed by atoms with Gasteiger partial charge >= 0.3 is 0 Å². The summed E-state index contributed by atoms with van der Waals surface area (Å²) < 4.78 is 24.8. The van der Waals surface area contributed by atoms with Gasteiger partial charge in [-0.25, -0.2) is 4.39 Å². The van der Waals surface area contributed by atoms with E-state index in [0.29, 0.717) is 43.9 Å². The van der Waals surface area contributed by atoms with Crippen molar-refractivity contribution < 1.29 is 18.7 Å². The maximum atomic E-state index is 13.8.